The molecule has 11 heteroatoms. The fraction of sp³-hybridized carbons (Fsp3) is 0.250. The number of ether oxygens (including phenoxy) is 1. The van der Waals surface area contributed by atoms with Gasteiger partial charge in [0, 0.05) is 31.4 Å². The van der Waals surface area contributed by atoms with E-state index in [-0.39, 0.29) is 24.3 Å². The first-order valence-corrected chi connectivity index (χ1v) is 7.60. The number of halogens is 3. The molecule has 0 aliphatic rings. The number of rotatable bonds is 7. The highest BCUT2D eigenvalue weighted by molar-refractivity contribution is 5.93. The molecule has 0 unspecified atom stereocenters. The third-order valence-electron chi connectivity index (χ3n) is 3.46. The van der Waals surface area contributed by atoms with Crippen LogP contribution < -0.4 is 15.4 Å². The van der Waals surface area contributed by atoms with E-state index in [4.69, 9.17) is 4.74 Å². The zero-order valence-electron chi connectivity index (χ0n) is 14.0. The summed E-state index contributed by atoms with van der Waals surface area (Å²) < 4.78 is 42.9. The summed E-state index contributed by atoms with van der Waals surface area (Å²) in [7, 11) is 1.44. The van der Waals surface area contributed by atoms with E-state index in [0.29, 0.717) is 11.9 Å². The molecule has 2 rings (SSSR count). The number of benzene rings is 1. The van der Waals surface area contributed by atoms with E-state index in [1.807, 2.05) is 0 Å². The van der Waals surface area contributed by atoms with Gasteiger partial charge in [-0.2, -0.15) is 13.2 Å². The van der Waals surface area contributed by atoms with Crippen LogP contribution >= 0.6 is 0 Å². The van der Waals surface area contributed by atoms with Crippen LogP contribution in [-0.2, 0) is 6.18 Å². The highest BCUT2D eigenvalue weighted by atomic mass is 19.4. The molecule has 0 saturated heterocycles. The maximum atomic E-state index is 12.7. The van der Waals surface area contributed by atoms with E-state index >= 15 is 0 Å². The highest BCUT2D eigenvalue weighted by Gasteiger charge is 2.32. The zero-order chi connectivity index (χ0) is 20.0. The van der Waals surface area contributed by atoms with Gasteiger partial charge in [-0.3, -0.25) is 14.9 Å². The molecule has 27 heavy (non-hydrogen) atoms. The number of nitrogens with zero attached hydrogens (tertiary/aromatic N) is 2. The van der Waals surface area contributed by atoms with Crippen LogP contribution in [0.5, 0.6) is 5.88 Å². The van der Waals surface area contributed by atoms with Crippen LogP contribution in [0.15, 0.2) is 36.5 Å². The Balaban J connectivity index is 1.94. The van der Waals surface area contributed by atoms with Crippen molar-refractivity contribution in [3.63, 3.8) is 0 Å². The monoisotopic (exact) mass is 384 g/mol. The number of methoxy groups -OCH3 is 1. The summed E-state index contributed by atoms with van der Waals surface area (Å²) in [6.45, 7) is 0.157. The average molecular weight is 384 g/mol. The molecule has 0 aliphatic heterocycles. The molecular formula is C16H15F3N4O4. The Bertz CT molecular complexity index is 825. The van der Waals surface area contributed by atoms with E-state index in [9.17, 15) is 28.1 Å². The van der Waals surface area contributed by atoms with Crippen molar-refractivity contribution >= 4 is 17.3 Å². The SMILES string of the molecule is COc1ccc(C(=O)NCCNc2ccc(C(F)(F)F)cc2[N+](=O)[O-])cn1. The van der Waals surface area contributed by atoms with Crippen molar-refractivity contribution in [3.8, 4) is 5.88 Å². The van der Waals surface area contributed by atoms with E-state index in [1.165, 1.54) is 25.4 Å². The molecule has 1 aromatic carbocycles. The molecule has 144 valence electrons. The van der Waals surface area contributed by atoms with Crippen LogP contribution in [0.1, 0.15) is 15.9 Å². The summed E-state index contributed by atoms with van der Waals surface area (Å²) in [5.41, 5.74) is -1.60. The van der Waals surface area contributed by atoms with E-state index in [0.717, 1.165) is 12.1 Å². The Kier molecular flexibility index (Phi) is 6.16. The van der Waals surface area contributed by atoms with Crippen molar-refractivity contribution in [2.75, 3.05) is 25.5 Å². The molecule has 0 aliphatic carbocycles. The first kappa shape index (κ1) is 19.9. The molecule has 2 N–H and O–H groups in total. The van der Waals surface area contributed by atoms with Crippen molar-refractivity contribution < 1.29 is 27.6 Å². The van der Waals surface area contributed by atoms with E-state index < -0.39 is 28.3 Å². The molecule has 2 aromatic rings. The minimum absolute atomic E-state index is 0.0710. The number of alkyl halides is 3. The quantitative estimate of drug-likeness (QED) is 0.432. The predicted octanol–water partition coefficient (Wildman–Crippen LogP) is 2.86. The third-order valence-corrected chi connectivity index (χ3v) is 3.46. The van der Waals surface area contributed by atoms with Crippen LogP contribution in [0, 0.1) is 10.1 Å². The van der Waals surface area contributed by atoms with Gasteiger partial charge in [-0.05, 0) is 18.2 Å². The first-order chi connectivity index (χ1) is 12.7. The van der Waals surface area contributed by atoms with Gasteiger partial charge in [-0.25, -0.2) is 4.98 Å². The van der Waals surface area contributed by atoms with Gasteiger partial charge in [-0.1, -0.05) is 0 Å². The number of anilines is 1. The maximum Gasteiger partial charge on any atom is 0.416 e. The molecular weight excluding hydrogens is 369 g/mol. The molecule has 1 heterocycles. The van der Waals surface area contributed by atoms with Crippen LogP contribution in [0.2, 0.25) is 0 Å². The van der Waals surface area contributed by atoms with Crippen LogP contribution in [0.4, 0.5) is 24.5 Å². The van der Waals surface area contributed by atoms with Crippen LogP contribution in [0.25, 0.3) is 0 Å². The molecule has 1 aromatic heterocycles. The van der Waals surface area contributed by atoms with Crippen LogP contribution in [0.3, 0.4) is 0 Å². The Morgan fingerprint density at radius 2 is 2.00 bits per heavy atom. The molecule has 8 nitrogen and oxygen atoms in total. The Labute approximate surface area is 151 Å². The number of carbonyl (C=O) groups is 1. The van der Waals surface area contributed by atoms with Crippen molar-refractivity contribution in [2.24, 2.45) is 0 Å². The summed E-state index contributed by atoms with van der Waals surface area (Å²) in [5.74, 6) is -0.0725. The normalized spacial score (nSPS) is 11.0. The van der Waals surface area contributed by atoms with Crippen LogP contribution in [-0.4, -0.2) is 36.0 Å². The fourth-order valence-corrected chi connectivity index (χ4v) is 2.12. The van der Waals surface area contributed by atoms with Gasteiger partial charge in [0.15, 0.2) is 0 Å². The second-order valence-corrected chi connectivity index (χ2v) is 5.26. The smallest absolute Gasteiger partial charge is 0.416 e. The Morgan fingerprint density at radius 3 is 2.56 bits per heavy atom. The number of nitrogens with one attached hydrogen (secondary N) is 2. The lowest BCUT2D eigenvalue weighted by Crippen LogP contribution is -2.29. The maximum absolute atomic E-state index is 12.7. The van der Waals surface area contributed by atoms with Gasteiger partial charge in [0.05, 0.1) is 23.2 Å². The van der Waals surface area contributed by atoms with E-state index in [1.54, 1.807) is 0 Å². The standard InChI is InChI=1S/C16H15F3N4O4/c1-27-14-5-2-10(9-22-14)15(24)21-7-6-20-12-4-3-11(16(17,18)19)8-13(12)23(25)26/h2-5,8-9,20H,6-7H2,1H3,(H,21,24). The first-order valence-electron chi connectivity index (χ1n) is 7.60. The number of carbonyl (C=O) groups excluding carboxylic acids is 1. The van der Waals surface area contributed by atoms with Gasteiger partial charge in [0.2, 0.25) is 5.88 Å². The molecule has 0 radical (unpaired) electrons. The molecule has 0 saturated carbocycles. The second-order valence-electron chi connectivity index (χ2n) is 5.26. The van der Waals surface area contributed by atoms with Crippen molar-refractivity contribution in [2.45, 2.75) is 6.18 Å². The minimum Gasteiger partial charge on any atom is -0.481 e. The summed E-state index contributed by atoms with van der Waals surface area (Å²) in [6.07, 6.45) is -3.36. The number of amides is 1. The highest BCUT2D eigenvalue weighted by Crippen LogP contribution is 2.34. The molecule has 0 bridgehead atoms. The lowest BCUT2D eigenvalue weighted by molar-refractivity contribution is -0.384. The summed E-state index contributed by atoms with van der Waals surface area (Å²) in [4.78, 5) is 25.9. The Morgan fingerprint density at radius 1 is 1.26 bits per heavy atom. The van der Waals surface area contributed by atoms with Gasteiger partial charge in [0.1, 0.15) is 5.69 Å². The summed E-state index contributed by atoms with van der Waals surface area (Å²) in [5, 5.41) is 16.2. The van der Waals surface area contributed by atoms with Gasteiger partial charge >= 0.3 is 6.18 Å². The number of aromatic nitrogens is 1. The predicted molar refractivity (Wildman–Crippen MR) is 89.7 cm³/mol. The van der Waals surface area contributed by atoms with Gasteiger partial charge in [-0.15, -0.1) is 0 Å². The lowest BCUT2D eigenvalue weighted by Gasteiger charge is -2.11. The number of nitro groups is 1. The summed E-state index contributed by atoms with van der Waals surface area (Å²) in [6, 6.07) is 5.21. The largest absolute Gasteiger partial charge is 0.481 e. The van der Waals surface area contributed by atoms with Crippen molar-refractivity contribution in [1.29, 1.82) is 0 Å². The molecule has 0 atom stereocenters. The third kappa shape index (κ3) is 5.30. The minimum atomic E-state index is -4.68. The van der Waals surface area contributed by atoms with Gasteiger partial charge in [0.25, 0.3) is 11.6 Å². The van der Waals surface area contributed by atoms with Gasteiger partial charge < -0.3 is 15.4 Å². The topological polar surface area (TPSA) is 106 Å². The van der Waals surface area contributed by atoms with E-state index in [2.05, 4.69) is 15.6 Å². The number of hydrogen-bond acceptors (Lipinski definition) is 6. The summed E-state index contributed by atoms with van der Waals surface area (Å²) >= 11 is 0. The number of hydrogen-bond donors (Lipinski definition) is 2. The number of nitro benzene ring substituents is 1. The van der Waals surface area contributed by atoms with Crippen molar-refractivity contribution in [1.82, 2.24) is 10.3 Å². The zero-order valence-corrected chi connectivity index (χ0v) is 14.0. The molecule has 0 fully saturated rings. The fourth-order valence-electron chi connectivity index (χ4n) is 2.12. The van der Waals surface area contributed by atoms with Crippen molar-refractivity contribution in [3.05, 3.63) is 57.8 Å². The lowest BCUT2D eigenvalue weighted by atomic mass is 10.1. The molecule has 1 amide bonds. The average Bonchev–Trinajstić information content (AvgIpc) is 2.64. The molecule has 0 spiro atoms. The number of pyridine rings is 1. The Hall–Kier alpha value is -3.37. The second kappa shape index (κ2) is 8.34.